The quantitative estimate of drug-likeness (QED) is 0.487. The second-order valence-corrected chi connectivity index (χ2v) is 3.97. The van der Waals surface area contributed by atoms with Gasteiger partial charge in [0.1, 0.15) is 0 Å². The van der Waals surface area contributed by atoms with E-state index in [0.29, 0.717) is 12.0 Å². The minimum absolute atomic E-state index is 0.305. The summed E-state index contributed by atoms with van der Waals surface area (Å²) in [5.41, 5.74) is 0.305. The fraction of sp³-hybridized carbons (Fsp3) is 0.889. The Morgan fingerprint density at radius 1 is 1.33 bits per heavy atom. The van der Waals surface area contributed by atoms with Gasteiger partial charge >= 0.3 is 6.16 Å². The van der Waals surface area contributed by atoms with E-state index in [9.17, 15) is 4.79 Å². The zero-order valence-electron chi connectivity index (χ0n) is 8.35. The van der Waals surface area contributed by atoms with Gasteiger partial charge < -0.3 is 9.47 Å². The van der Waals surface area contributed by atoms with Gasteiger partial charge in [0.15, 0.2) is 0 Å². The second kappa shape index (κ2) is 5.01. The highest BCUT2D eigenvalue weighted by molar-refractivity contribution is 5.59. The average Bonchev–Trinajstić information content (AvgIpc) is 1.96. The number of methoxy groups -OCH3 is 1. The van der Waals surface area contributed by atoms with Crippen LogP contribution in [0.4, 0.5) is 4.79 Å². The van der Waals surface area contributed by atoms with E-state index in [2.05, 4.69) is 25.5 Å². The maximum Gasteiger partial charge on any atom is 0.507 e. The Kier molecular flexibility index (Phi) is 4.71. The normalized spacial score (nSPS) is 11.0. The molecule has 0 saturated heterocycles. The summed E-state index contributed by atoms with van der Waals surface area (Å²) in [4.78, 5) is 10.5. The van der Waals surface area contributed by atoms with E-state index < -0.39 is 6.16 Å². The molecule has 0 heterocycles. The van der Waals surface area contributed by atoms with Crippen LogP contribution in [0.3, 0.4) is 0 Å². The smallest absolute Gasteiger partial charge is 0.438 e. The summed E-state index contributed by atoms with van der Waals surface area (Å²) in [6, 6.07) is 0. The lowest BCUT2D eigenvalue weighted by molar-refractivity contribution is 0.0692. The predicted octanol–water partition coefficient (Wildman–Crippen LogP) is 2.60. The van der Waals surface area contributed by atoms with Gasteiger partial charge in [0.2, 0.25) is 0 Å². The van der Waals surface area contributed by atoms with Gasteiger partial charge in [0.05, 0.1) is 13.7 Å². The first-order valence-corrected chi connectivity index (χ1v) is 4.16. The van der Waals surface area contributed by atoms with Crippen LogP contribution in [0.15, 0.2) is 0 Å². The van der Waals surface area contributed by atoms with E-state index in [0.717, 1.165) is 12.8 Å². The van der Waals surface area contributed by atoms with Crippen LogP contribution in [-0.4, -0.2) is 19.9 Å². The van der Waals surface area contributed by atoms with Gasteiger partial charge in [-0.3, -0.25) is 0 Å². The first-order chi connectivity index (χ1) is 5.45. The predicted molar refractivity (Wildman–Crippen MR) is 47.0 cm³/mol. The average molecular weight is 174 g/mol. The van der Waals surface area contributed by atoms with Crippen molar-refractivity contribution in [3.05, 3.63) is 0 Å². The monoisotopic (exact) mass is 174 g/mol. The molecule has 72 valence electrons. The summed E-state index contributed by atoms with van der Waals surface area (Å²) in [5, 5.41) is 0. The molecular weight excluding hydrogens is 156 g/mol. The van der Waals surface area contributed by atoms with Crippen molar-refractivity contribution in [2.24, 2.45) is 5.41 Å². The number of carbonyl (C=O) groups is 1. The molecule has 0 bridgehead atoms. The molecule has 0 aliphatic heterocycles. The maximum atomic E-state index is 10.5. The summed E-state index contributed by atoms with van der Waals surface area (Å²) in [6.07, 6.45) is 1.34. The van der Waals surface area contributed by atoms with E-state index in [1.54, 1.807) is 0 Å². The van der Waals surface area contributed by atoms with Crippen LogP contribution in [0.1, 0.15) is 33.6 Å². The van der Waals surface area contributed by atoms with Crippen molar-refractivity contribution in [2.45, 2.75) is 33.6 Å². The van der Waals surface area contributed by atoms with Crippen LogP contribution in [0.25, 0.3) is 0 Å². The SMILES string of the molecule is COC(=O)OCCCC(C)(C)C. The van der Waals surface area contributed by atoms with E-state index >= 15 is 0 Å². The highest BCUT2D eigenvalue weighted by atomic mass is 16.7. The van der Waals surface area contributed by atoms with Crippen LogP contribution in [0.2, 0.25) is 0 Å². The highest BCUT2D eigenvalue weighted by Crippen LogP contribution is 2.20. The molecule has 0 spiro atoms. The van der Waals surface area contributed by atoms with Crippen molar-refractivity contribution in [2.75, 3.05) is 13.7 Å². The summed E-state index contributed by atoms with van der Waals surface area (Å²) in [5.74, 6) is 0. The van der Waals surface area contributed by atoms with E-state index in [1.807, 2.05) is 0 Å². The first-order valence-electron chi connectivity index (χ1n) is 4.16. The minimum atomic E-state index is -0.594. The molecule has 0 saturated carbocycles. The molecule has 0 aromatic rings. The maximum absolute atomic E-state index is 10.5. The molecule has 0 atom stereocenters. The summed E-state index contributed by atoms with van der Waals surface area (Å²) >= 11 is 0. The van der Waals surface area contributed by atoms with Gasteiger partial charge in [-0.15, -0.1) is 0 Å². The van der Waals surface area contributed by atoms with Crippen molar-refractivity contribution >= 4 is 6.16 Å². The van der Waals surface area contributed by atoms with E-state index in [-0.39, 0.29) is 0 Å². The topological polar surface area (TPSA) is 35.5 Å². The molecule has 0 aromatic carbocycles. The molecule has 0 aliphatic carbocycles. The summed E-state index contributed by atoms with van der Waals surface area (Å²) in [6.45, 7) is 6.92. The molecule has 0 unspecified atom stereocenters. The molecule has 12 heavy (non-hydrogen) atoms. The summed E-state index contributed by atoms with van der Waals surface area (Å²) in [7, 11) is 1.31. The van der Waals surface area contributed by atoms with Crippen LogP contribution in [0, 0.1) is 5.41 Å². The molecule has 0 amide bonds. The van der Waals surface area contributed by atoms with Crippen LogP contribution in [-0.2, 0) is 9.47 Å². The molecule has 0 aromatic heterocycles. The first kappa shape index (κ1) is 11.3. The van der Waals surface area contributed by atoms with Gasteiger partial charge in [0.25, 0.3) is 0 Å². The standard InChI is InChI=1S/C9H18O3/c1-9(2,3)6-5-7-12-8(10)11-4/h5-7H2,1-4H3. The third kappa shape index (κ3) is 7.38. The lowest BCUT2D eigenvalue weighted by Crippen LogP contribution is -2.09. The molecular formula is C9H18O3. The number of hydrogen-bond donors (Lipinski definition) is 0. The van der Waals surface area contributed by atoms with E-state index in [1.165, 1.54) is 7.11 Å². The molecule has 0 rings (SSSR count). The molecule has 0 fully saturated rings. The molecule has 0 N–H and O–H groups in total. The Labute approximate surface area is 74.0 Å². The van der Waals surface area contributed by atoms with Crippen molar-refractivity contribution < 1.29 is 14.3 Å². The Bertz CT molecular complexity index is 135. The zero-order valence-corrected chi connectivity index (χ0v) is 8.35. The Morgan fingerprint density at radius 2 is 1.92 bits per heavy atom. The van der Waals surface area contributed by atoms with Gasteiger partial charge in [-0.1, -0.05) is 20.8 Å². The van der Waals surface area contributed by atoms with Crippen molar-refractivity contribution in [3.8, 4) is 0 Å². The Hall–Kier alpha value is -0.730. The number of ether oxygens (including phenoxy) is 2. The Balaban J connectivity index is 3.28. The molecule has 0 aliphatic rings. The number of carbonyl (C=O) groups excluding carboxylic acids is 1. The molecule has 3 nitrogen and oxygen atoms in total. The van der Waals surface area contributed by atoms with Gasteiger partial charge in [0, 0.05) is 0 Å². The number of rotatable bonds is 3. The largest absolute Gasteiger partial charge is 0.507 e. The zero-order chi connectivity index (χ0) is 9.61. The van der Waals surface area contributed by atoms with Gasteiger partial charge in [-0.05, 0) is 18.3 Å². The lowest BCUT2D eigenvalue weighted by atomic mass is 9.91. The molecule has 3 heteroatoms. The van der Waals surface area contributed by atoms with Crippen molar-refractivity contribution in [1.82, 2.24) is 0 Å². The van der Waals surface area contributed by atoms with Gasteiger partial charge in [-0.25, -0.2) is 4.79 Å². The van der Waals surface area contributed by atoms with Crippen LogP contribution in [0.5, 0.6) is 0 Å². The summed E-state index contributed by atoms with van der Waals surface area (Å²) < 4.78 is 9.05. The highest BCUT2D eigenvalue weighted by Gasteiger charge is 2.09. The van der Waals surface area contributed by atoms with Gasteiger partial charge in [-0.2, -0.15) is 0 Å². The third-order valence-electron chi connectivity index (χ3n) is 1.46. The minimum Gasteiger partial charge on any atom is -0.438 e. The van der Waals surface area contributed by atoms with Crippen LogP contribution >= 0.6 is 0 Å². The third-order valence-corrected chi connectivity index (χ3v) is 1.46. The van der Waals surface area contributed by atoms with Crippen molar-refractivity contribution in [1.29, 1.82) is 0 Å². The second-order valence-electron chi connectivity index (χ2n) is 3.97. The lowest BCUT2D eigenvalue weighted by Gasteiger charge is -2.17. The van der Waals surface area contributed by atoms with Crippen molar-refractivity contribution in [3.63, 3.8) is 0 Å². The Morgan fingerprint density at radius 3 is 2.33 bits per heavy atom. The van der Waals surface area contributed by atoms with E-state index in [4.69, 9.17) is 4.74 Å². The fourth-order valence-corrected chi connectivity index (χ4v) is 0.817. The molecule has 0 radical (unpaired) electrons. The number of hydrogen-bond acceptors (Lipinski definition) is 3. The fourth-order valence-electron chi connectivity index (χ4n) is 0.817. The van der Waals surface area contributed by atoms with Crippen LogP contribution < -0.4 is 0 Å².